The monoisotopic (exact) mass is 290 g/mol. The molecule has 3 rings (SSSR count). The molecular formula is C15H22N4O2. The normalized spacial score (nSPS) is 19.2. The van der Waals surface area contributed by atoms with E-state index in [9.17, 15) is 0 Å². The van der Waals surface area contributed by atoms with Crippen LogP contribution in [0.3, 0.4) is 0 Å². The van der Waals surface area contributed by atoms with Crippen LogP contribution in [0.2, 0.25) is 0 Å². The van der Waals surface area contributed by atoms with Crippen LogP contribution in [-0.2, 0) is 6.54 Å². The molecule has 1 N–H and O–H groups in total. The van der Waals surface area contributed by atoms with Crippen LogP contribution in [0.25, 0.3) is 11.6 Å². The van der Waals surface area contributed by atoms with E-state index in [-0.39, 0.29) is 0 Å². The second kappa shape index (κ2) is 6.87. The molecule has 3 heterocycles. The Hall–Kier alpha value is -1.66. The summed E-state index contributed by atoms with van der Waals surface area (Å²) in [6, 6.07) is 4.22. The fourth-order valence-electron chi connectivity index (χ4n) is 2.71. The molecule has 0 spiro atoms. The average molecular weight is 290 g/mol. The minimum Gasteiger partial charge on any atom is -0.461 e. The lowest BCUT2D eigenvalue weighted by atomic mass is 10.0. The van der Waals surface area contributed by atoms with Gasteiger partial charge in [0.25, 0.3) is 0 Å². The van der Waals surface area contributed by atoms with Crippen molar-refractivity contribution in [1.82, 2.24) is 20.4 Å². The molecule has 1 aliphatic heterocycles. The van der Waals surface area contributed by atoms with Gasteiger partial charge in [0.15, 0.2) is 5.76 Å². The Kier molecular flexibility index (Phi) is 4.67. The summed E-state index contributed by atoms with van der Waals surface area (Å²) in [6.45, 7) is 5.96. The second-order valence-corrected chi connectivity index (χ2v) is 5.46. The first kappa shape index (κ1) is 14.3. The maximum atomic E-state index is 5.33. The predicted molar refractivity (Wildman–Crippen MR) is 78.6 cm³/mol. The molecule has 0 bridgehead atoms. The summed E-state index contributed by atoms with van der Waals surface area (Å²) in [5.74, 6) is 1.79. The minimum atomic E-state index is 0.516. The maximum Gasteiger partial charge on any atom is 0.241 e. The quantitative estimate of drug-likeness (QED) is 0.880. The van der Waals surface area contributed by atoms with E-state index in [4.69, 9.17) is 8.94 Å². The van der Waals surface area contributed by atoms with Crippen molar-refractivity contribution in [3.63, 3.8) is 0 Å². The van der Waals surface area contributed by atoms with Crippen LogP contribution in [0.15, 0.2) is 27.3 Å². The van der Waals surface area contributed by atoms with E-state index in [1.165, 1.54) is 19.3 Å². The standard InChI is InChI=1S/C15H22N4O2/c1-2-19(10-12-6-3-4-8-16-12)11-14-17-15(18-21-14)13-7-5-9-20-13/h5,7,9,12,16H,2-4,6,8,10-11H2,1H3. The highest BCUT2D eigenvalue weighted by Gasteiger charge is 2.18. The van der Waals surface area contributed by atoms with E-state index in [0.717, 1.165) is 19.6 Å². The summed E-state index contributed by atoms with van der Waals surface area (Å²) in [5.41, 5.74) is 0. The first-order valence-corrected chi connectivity index (χ1v) is 7.67. The Morgan fingerprint density at radius 3 is 3.10 bits per heavy atom. The fraction of sp³-hybridized carbons (Fsp3) is 0.600. The first-order valence-electron chi connectivity index (χ1n) is 7.67. The largest absolute Gasteiger partial charge is 0.461 e. The van der Waals surface area contributed by atoms with Crippen LogP contribution >= 0.6 is 0 Å². The number of furan rings is 1. The molecule has 1 aliphatic rings. The smallest absolute Gasteiger partial charge is 0.241 e. The number of hydrogen-bond donors (Lipinski definition) is 1. The molecule has 0 saturated carbocycles. The van der Waals surface area contributed by atoms with Crippen molar-refractivity contribution >= 4 is 0 Å². The Balaban J connectivity index is 1.58. The van der Waals surface area contributed by atoms with Crippen molar-refractivity contribution in [2.24, 2.45) is 0 Å². The van der Waals surface area contributed by atoms with Gasteiger partial charge in [-0.25, -0.2) is 0 Å². The van der Waals surface area contributed by atoms with E-state index < -0.39 is 0 Å². The molecule has 0 radical (unpaired) electrons. The van der Waals surface area contributed by atoms with Gasteiger partial charge in [-0.05, 0) is 38.1 Å². The van der Waals surface area contributed by atoms with Crippen molar-refractivity contribution in [2.75, 3.05) is 19.6 Å². The van der Waals surface area contributed by atoms with Gasteiger partial charge in [0.2, 0.25) is 11.7 Å². The van der Waals surface area contributed by atoms with Gasteiger partial charge in [-0.1, -0.05) is 18.5 Å². The summed E-state index contributed by atoms with van der Waals surface area (Å²) in [7, 11) is 0. The Bertz CT molecular complexity index is 532. The van der Waals surface area contributed by atoms with Gasteiger partial charge in [-0.15, -0.1) is 0 Å². The number of aromatic nitrogens is 2. The summed E-state index contributed by atoms with van der Waals surface area (Å²) in [5, 5.41) is 7.54. The summed E-state index contributed by atoms with van der Waals surface area (Å²) in [4.78, 5) is 6.74. The van der Waals surface area contributed by atoms with Gasteiger partial charge in [0, 0.05) is 12.6 Å². The molecule has 1 fully saturated rings. The van der Waals surface area contributed by atoms with Crippen molar-refractivity contribution in [3.05, 3.63) is 24.3 Å². The van der Waals surface area contributed by atoms with Crippen LogP contribution in [0.1, 0.15) is 32.1 Å². The van der Waals surface area contributed by atoms with E-state index in [2.05, 4.69) is 27.3 Å². The zero-order valence-corrected chi connectivity index (χ0v) is 12.4. The van der Waals surface area contributed by atoms with Gasteiger partial charge in [0.05, 0.1) is 12.8 Å². The van der Waals surface area contributed by atoms with Gasteiger partial charge in [-0.3, -0.25) is 4.90 Å². The van der Waals surface area contributed by atoms with Gasteiger partial charge < -0.3 is 14.3 Å². The Morgan fingerprint density at radius 1 is 1.43 bits per heavy atom. The molecule has 1 atom stereocenters. The van der Waals surface area contributed by atoms with Crippen molar-refractivity contribution in [1.29, 1.82) is 0 Å². The minimum absolute atomic E-state index is 0.516. The number of nitrogens with zero attached hydrogens (tertiary/aromatic N) is 3. The van der Waals surface area contributed by atoms with E-state index in [0.29, 0.717) is 30.1 Å². The zero-order chi connectivity index (χ0) is 14.5. The van der Waals surface area contributed by atoms with E-state index >= 15 is 0 Å². The third kappa shape index (κ3) is 3.71. The number of piperidine rings is 1. The second-order valence-electron chi connectivity index (χ2n) is 5.46. The van der Waals surface area contributed by atoms with Crippen LogP contribution in [-0.4, -0.2) is 40.7 Å². The molecule has 1 unspecified atom stereocenters. The van der Waals surface area contributed by atoms with Crippen molar-refractivity contribution < 1.29 is 8.94 Å². The summed E-state index contributed by atoms with van der Waals surface area (Å²) < 4.78 is 10.6. The highest BCUT2D eigenvalue weighted by molar-refractivity contribution is 5.44. The average Bonchev–Trinajstić information content (AvgIpc) is 3.18. The van der Waals surface area contributed by atoms with Crippen LogP contribution in [0.4, 0.5) is 0 Å². The highest BCUT2D eigenvalue weighted by atomic mass is 16.5. The molecule has 21 heavy (non-hydrogen) atoms. The molecular weight excluding hydrogens is 268 g/mol. The van der Waals surface area contributed by atoms with Crippen LogP contribution < -0.4 is 5.32 Å². The molecule has 0 aliphatic carbocycles. The Labute approximate surface area is 124 Å². The molecule has 6 nitrogen and oxygen atoms in total. The highest BCUT2D eigenvalue weighted by Crippen LogP contribution is 2.17. The van der Waals surface area contributed by atoms with Gasteiger partial charge in [0.1, 0.15) is 0 Å². The van der Waals surface area contributed by atoms with E-state index in [1.807, 2.05) is 12.1 Å². The number of rotatable bonds is 6. The Morgan fingerprint density at radius 2 is 2.38 bits per heavy atom. The van der Waals surface area contributed by atoms with Crippen LogP contribution in [0.5, 0.6) is 0 Å². The first-order chi connectivity index (χ1) is 10.3. The van der Waals surface area contributed by atoms with E-state index in [1.54, 1.807) is 6.26 Å². The molecule has 0 aromatic carbocycles. The van der Waals surface area contributed by atoms with Crippen molar-refractivity contribution in [2.45, 2.75) is 38.8 Å². The summed E-state index contributed by atoms with van der Waals surface area (Å²) in [6.07, 6.45) is 5.47. The lowest BCUT2D eigenvalue weighted by molar-refractivity contribution is 0.201. The zero-order valence-electron chi connectivity index (χ0n) is 12.4. The number of hydrogen-bond acceptors (Lipinski definition) is 6. The molecule has 2 aromatic heterocycles. The molecule has 114 valence electrons. The van der Waals surface area contributed by atoms with Crippen molar-refractivity contribution in [3.8, 4) is 11.6 Å². The SMILES string of the molecule is CCN(Cc1nc(-c2ccco2)no1)CC1CCCCN1. The fourth-order valence-corrected chi connectivity index (χ4v) is 2.71. The van der Waals surface area contributed by atoms with Crippen LogP contribution in [0, 0.1) is 0 Å². The van der Waals surface area contributed by atoms with Gasteiger partial charge in [-0.2, -0.15) is 4.98 Å². The molecule has 1 saturated heterocycles. The maximum absolute atomic E-state index is 5.33. The molecule has 0 amide bonds. The number of likely N-dealkylation sites (N-methyl/N-ethyl adjacent to an activating group) is 1. The third-order valence-corrected chi connectivity index (χ3v) is 3.91. The lowest BCUT2D eigenvalue weighted by Gasteiger charge is -2.29. The lowest BCUT2D eigenvalue weighted by Crippen LogP contribution is -2.43. The predicted octanol–water partition coefficient (Wildman–Crippen LogP) is 2.29. The van der Waals surface area contributed by atoms with Gasteiger partial charge >= 0.3 is 0 Å². The summed E-state index contributed by atoms with van der Waals surface area (Å²) >= 11 is 0. The molecule has 2 aromatic rings. The number of nitrogens with one attached hydrogen (secondary N) is 1. The third-order valence-electron chi connectivity index (χ3n) is 3.91. The topological polar surface area (TPSA) is 67.3 Å². The molecule has 6 heteroatoms.